The lowest BCUT2D eigenvalue weighted by atomic mass is 9.94. The highest BCUT2D eigenvalue weighted by atomic mass is 35.5. The summed E-state index contributed by atoms with van der Waals surface area (Å²) in [5.74, 6) is 0.301. The number of halogens is 1. The van der Waals surface area contributed by atoms with E-state index in [2.05, 4.69) is 12.2 Å². The molecule has 1 fully saturated rings. The highest BCUT2D eigenvalue weighted by Crippen LogP contribution is 2.23. The van der Waals surface area contributed by atoms with Gasteiger partial charge >= 0.3 is 0 Å². The molecule has 0 aromatic carbocycles. The number of nitrogens with one attached hydrogen (secondary N) is 1. The Morgan fingerprint density at radius 1 is 1.47 bits per heavy atom. The molecule has 0 aromatic rings. The average molecular weight is 232 g/mol. The van der Waals surface area contributed by atoms with Crippen LogP contribution < -0.4 is 5.32 Å². The van der Waals surface area contributed by atoms with Gasteiger partial charge in [0.2, 0.25) is 5.91 Å². The van der Waals surface area contributed by atoms with Crippen LogP contribution in [0.3, 0.4) is 0 Å². The minimum atomic E-state index is 0.126. The predicted octanol–water partition coefficient (Wildman–Crippen LogP) is 3.09. The van der Waals surface area contributed by atoms with E-state index in [1.54, 1.807) is 0 Å². The Hall–Kier alpha value is -0.240. The summed E-state index contributed by atoms with van der Waals surface area (Å²) in [6.07, 6.45) is 6.49. The van der Waals surface area contributed by atoms with Crippen molar-refractivity contribution in [1.82, 2.24) is 5.32 Å². The molecule has 1 amide bonds. The van der Waals surface area contributed by atoms with Crippen molar-refractivity contribution in [2.24, 2.45) is 5.92 Å². The van der Waals surface area contributed by atoms with Gasteiger partial charge in [0.25, 0.3) is 0 Å². The fraction of sp³-hybridized carbons (Fsp3) is 0.917. The number of rotatable bonds is 4. The van der Waals surface area contributed by atoms with Crippen molar-refractivity contribution in [2.45, 2.75) is 63.8 Å². The molecule has 0 aromatic heterocycles. The standard InChI is InChI=1S/C12H22ClNO/c1-3-6-9(2)12(15)14-11-8-5-4-7-10(11)13/h9-11H,3-8H2,1-2H3,(H,14,15). The van der Waals surface area contributed by atoms with Crippen molar-refractivity contribution in [1.29, 1.82) is 0 Å². The molecule has 3 unspecified atom stereocenters. The lowest BCUT2D eigenvalue weighted by Crippen LogP contribution is -2.44. The van der Waals surface area contributed by atoms with Crippen LogP contribution in [0.2, 0.25) is 0 Å². The molecule has 1 saturated carbocycles. The predicted molar refractivity (Wildman–Crippen MR) is 64.1 cm³/mol. The van der Waals surface area contributed by atoms with Crippen molar-refractivity contribution in [3.63, 3.8) is 0 Å². The Labute approximate surface area is 97.8 Å². The van der Waals surface area contributed by atoms with Gasteiger partial charge in [0, 0.05) is 12.0 Å². The summed E-state index contributed by atoms with van der Waals surface area (Å²) in [6, 6.07) is 0.201. The van der Waals surface area contributed by atoms with E-state index in [0.717, 1.165) is 25.7 Å². The van der Waals surface area contributed by atoms with Crippen LogP contribution in [0, 0.1) is 5.92 Å². The maximum Gasteiger partial charge on any atom is 0.223 e. The zero-order valence-electron chi connectivity index (χ0n) is 9.76. The van der Waals surface area contributed by atoms with Crippen LogP contribution in [-0.2, 0) is 4.79 Å². The molecule has 0 spiro atoms. The van der Waals surface area contributed by atoms with Gasteiger partial charge in [0.15, 0.2) is 0 Å². The van der Waals surface area contributed by atoms with E-state index < -0.39 is 0 Å². The zero-order valence-corrected chi connectivity index (χ0v) is 10.5. The minimum Gasteiger partial charge on any atom is -0.352 e. The third-order valence-corrected chi connectivity index (χ3v) is 3.70. The maximum absolute atomic E-state index is 11.8. The number of carbonyl (C=O) groups excluding carboxylic acids is 1. The van der Waals surface area contributed by atoms with E-state index in [-0.39, 0.29) is 23.2 Å². The molecule has 2 nitrogen and oxygen atoms in total. The summed E-state index contributed by atoms with van der Waals surface area (Å²) in [4.78, 5) is 11.8. The van der Waals surface area contributed by atoms with Gasteiger partial charge in [-0.15, -0.1) is 11.6 Å². The monoisotopic (exact) mass is 231 g/mol. The van der Waals surface area contributed by atoms with Gasteiger partial charge in [0.05, 0.1) is 5.38 Å². The van der Waals surface area contributed by atoms with Crippen molar-refractivity contribution in [2.75, 3.05) is 0 Å². The van der Waals surface area contributed by atoms with Crippen molar-refractivity contribution < 1.29 is 4.79 Å². The third-order valence-electron chi connectivity index (χ3n) is 3.18. The normalized spacial score (nSPS) is 28.5. The van der Waals surface area contributed by atoms with Gasteiger partial charge in [-0.2, -0.15) is 0 Å². The van der Waals surface area contributed by atoms with E-state index in [9.17, 15) is 4.79 Å². The molecule has 0 bridgehead atoms. The fourth-order valence-electron chi connectivity index (χ4n) is 2.14. The molecule has 3 heteroatoms. The molecule has 88 valence electrons. The molecule has 1 aliphatic carbocycles. The fourth-order valence-corrected chi connectivity index (χ4v) is 2.48. The van der Waals surface area contributed by atoms with Gasteiger partial charge in [-0.1, -0.05) is 33.1 Å². The second kappa shape index (κ2) is 6.37. The van der Waals surface area contributed by atoms with Crippen LogP contribution in [0.1, 0.15) is 52.4 Å². The first-order chi connectivity index (χ1) is 7.15. The highest BCUT2D eigenvalue weighted by molar-refractivity contribution is 6.21. The summed E-state index contributed by atoms with van der Waals surface area (Å²) in [6.45, 7) is 4.10. The van der Waals surface area contributed by atoms with Crippen molar-refractivity contribution in [3.05, 3.63) is 0 Å². The SMILES string of the molecule is CCCC(C)C(=O)NC1CCCCC1Cl. The van der Waals surface area contributed by atoms with Gasteiger partial charge < -0.3 is 5.32 Å². The van der Waals surface area contributed by atoms with Crippen LogP contribution in [-0.4, -0.2) is 17.3 Å². The molecule has 0 saturated heterocycles. The lowest BCUT2D eigenvalue weighted by molar-refractivity contribution is -0.125. The Morgan fingerprint density at radius 2 is 2.13 bits per heavy atom. The van der Waals surface area contributed by atoms with Crippen LogP contribution in [0.15, 0.2) is 0 Å². The number of hydrogen-bond donors (Lipinski definition) is 1. The molecular formula is C12H22ClNO. The van der Waals surface area contributed by atoms with Crippen molar-refractivity contribution in [3.8, 4) is 0 Å². The van der Waals surface area contributed by atoms with Gasteiger partial charge in [-0.3, -0.25) is 4.79 Å². The minimum absolute atomic E-state index is 0.126. The molecule has 1 rings (SSSR count). The first-order valence-electron chi connectivity index (χ1n) is 6.09. The lowest BCUT2D eigenvalue weighted by Gasteiger charge is -2.28. The van der Waals surface area contributed by atoms with Gasteiger partial charge in [-0.25, -0.2) is 0 Å². The summed E-state index contributed by atoms with van der Waals surface area (Å²) in [5.41, 5.74) is 0. The summed E-state index contributed by atoms with van der Waals surface area (Å²) in [7, 11) is 0. The Morgan fingerprint density at radius 3 is 2.73 bits per heavy atom. The number of carbonyl (C=O) groups is 1. The van der Waals surface area contributed by atoms with E-state index >= 15 is 0 Å². The van der Waals surface area contributed by atoms with E-state index in [1.165, 1.54) is 12.8 Å². The van der Waals surface area contributed by atoms with Crippen molar-refractivity contribution >= 4 is 17.5 Å². The van der Waals surface area contributed by atoms with E-state index in [1.807, 2.05) is 6.92 Å². The van der Waals surface area contributed by atoms with Crippen LogP contribution >= 0.6 is 11.6 Å². The smallest absolute Gasteiger partial charge is 0.223 e. The molecule has 3 atom stereocenters. The molecule has 1 aliphatic rings. The largest absolute Gasteiger partial charge is 0.352 e. The number of alkyl halides is 1. The third kappa shape index (κ3) is 4.02. The molecule has 0 radical (unpaired) electrons. The second-order valence-corrected chi connectivity index (χ2v) is 5.17. The molecule has 0 aliphatic heterocycles. The van der Waals surface area contributed by atoms with Crippen LogP contribution in [0.4, 0.5) is 0 Å². The Bertz CT molecular complexity index is 208. The van der Waals surface area contributed by atoms with E-state index in [0.29, 0.717) is 0 Å². The summed E-state index contributed by atoms with van der Waals surface area (Å²) in [5, 5.41) is 3.22. The average Bonchev–Trinajstić information content (AvgIpc) is 2.21. The summed E-state index contributed by atoms with van der Waals surface area (Å²) >= 11 is 6.19. The Balaban J connectivity index is 2.35. The van der Waals surface area contributed by atoms with E-state index in [4.69, 9.17) is 11.6 Å². The summed E-state index contributed by atoms with van der Waals surface area (Å²) < 4.78 is 0. The van der Waals surface area contributed by atoms with Gasteiger partial charge in [0.1, 0.15) is 0 Å². The first kappa shape index (κ1) is 12.8. The second-order valence-electron chi connectivity index (χ2n) is 4.61. The molecule has 1 N–H and O–H groups in total. The maximum atomic E-state index is 11.8. The Kier molecular flexibility index (Phi) is 5.44. The van der Waals surface area contributed by atoms with Crippen LogP contribution in [0.25, 0.3) is 0 Å². The van der Waals surface area contributed by atoms with Gasteiger partial charge in [-0.05, 0) is 19.3 Å². The number of amides is 1. The highest BCUT2D eigenvalue weighted by Gasteiger charge is 2.25. The van der Waals surface area contributed by atoms with Crippen LogP contribution in [0.5, 0.6) is 0 Å². The molecule has 0 heterocycles. The molecular weight excluding hydrogens is 210 g/mol. The molecule has 15 heavy (non-hydrogen) atoms. The number of hydrogen-bond acceptors (Lipinski definition) is 1. The quantitative estimate of drug-likeness (QED) is 0.741. The topological polar surface area (TPSA) is 29.1 Å². The first-order valence-corrected chi connectivity index (χ1v) is 6.53. The zero-order chi connectivity index (χ0) is 11.3.